The quantitative estimate of drug-likeness (QED) is 0.386. The van der Waals surface area contributed by atoms with Crippen molar-refractivity contribution < 1.29 is 23.8 Å². The van der Waals surface area contributed by atoms with Crippen molar-refractivity contribution in [1.29, 1.82) is 0 Å². The Morgan fingerprint density at radius 1 is 1.24 bits per heavy atom. The van der Waals surface area contributed by atoms with Crippen LogP contribution in [0.4, 0.5) is 4.39 Å². The summed E-state index contributed by atoms with van der Waals surface area (Å²) < 4.78 is 20.3. The van der Waals surface area contributed by atoms with Crippen LogP contribution in [0.25, 0.3) is 6.08 Å². The Hall–Kier alpha value is -1.75. The Bertz CT molecular complexity index is 1000. The van der Waals surface area contributed by atoms with E-state index in [1.54, 1.807) is 30.3 Å². The van der Waals surface area contributed by atoms with E-state index in [4.69, 9.17) is 22.1 Å². The molecule has 0 unspecified atom stereocenters. The van der Waals surface area contributed by atoms with Crippen molar-refractivity contribution in [1.82, 2.24) is 4.90 Å². The van der Waals surface area contributed by atoms with Gasteiger partial charge in [-0.2, -0.15) is 0 Å². The summed E-state index contributed by atoms with van der Waals surface area (Å²) in [6.07, 6.45) is 1.64. The topological polar surface area (TPSA) is 66.8 Å². The second kappa shape index (κ2) is 9.38. The minimum Gasteiger partial charge on any atom is -0.487 e. The minimum atomic E-state index is -1.13. The lowest BCUT2D eigenvalue weighted by Crippen LogP contribution is -2.33. The van der Waals surface area contributed by atoms with Gasteiger partial charge in [-0.05, 0) is 73.3 Å². The number of hydrogen-bond acceptors (Lipinski definition) is 5. The van der Waals surface area contributed by atoms with Crippen molar-refractivity contribution in [3.05, 3.63) is 67.2 Å². The first-order chi connectivity index (χ1) is 13.7. The third-order valence-corrected chi connectivity index (χ3v) is 6.34. The molecule has 0 atom stereocenters. The van der Waals surface area contributed by atoms with Crippen molar-refractivity contribution >= 4 is 78.1 Å². The maximum absolute atomic E-state index is 13.0. The predicted octanol–water partition coefficient (Wildman–Crippen LogP) is 5.22. The van der Waals surface area contributed by atoms with Crippen molar-refractivity contribution in [2.24, 2.45) is 0 Å². The molecule has 1 aliphatic rings. The van der Waals surface area contributed by atoms with E-state index >= 15 is 0 Å². The highest BCUT2D eigenvalue weighted by atomic mass is 79.9. The van der Waals surface area contributed by atoms with Gasteiger partial charge in [0.25, 0.3) is 5.91 Å². The first-order valence-corrected chi connectivity index (χ1v) is 10.9. The largest absolute Gasteiger partial charge is 0.487 e. The van der Waals surface area contributed by atoms with Crippen molar-refractivity contribution in [2.45, 2.75) is 6.61 Å². The number of ether oxygens (including phenoxy) is 1. The maximum atomic E-state index is 13.0. The van der Waals surface area contributed by atoms with Crippen molar-refractivity contribution in [3.8, 4) is 5.75 Å². The molecule has 1 saturated heterocycles. The summed E-state index contributed by atoms with van der Waals surface area (Å²) in [5.74, 6) is -1.32. The molecule has 1 aliphatic heterocycles. The van der Waals surface area contributed by atoms with Crippen LogP contribution in [0.5, 0.6) is 5.75 Å². The number of amides is 1. The van der Waals surface area contributed by atoms with Gasteiger partial charge in [-0.15, -0.1) is 0 Å². The third-order valence-electron chi connectivity index (χ3n) is 3.78. The molecule has 29 heavy (non-hydrogen) atoms. The molecule has 0 aromatic heterocycles. The lowest BCUT2D eigenvalue weighted by atomic mass is 10.2. The molecule has 2 aromatic rings. The molecule has 5 nitrogen and oxygen atoms in total. The highest BCUT2D eigenvalue weighted by Crippen LogP contribution is 2.38. The first-order valence-electron chi connectivity index (χ1n) is 8.08. The van der Waals surface area contributed by atoms with Gasteiger partial charge >= 0.3 is 5.97 Å². The number of hydrogen-bond donors (Lipinski definition) is 1. The average Bonchev–Trinajstić information content (AvgIpc) is 2.89. The molecule has 0 radical (unpaired) electrons. The molecule has 1 fully saturated rings. The van der Waals surface area contributed by atoms with Gasteiger partial charge in [-0.25, -0.2) is 4.39 Å². The monoisotopic (exact) mass is 559 g/mol. The normalized spacial score (nSPS) is 15.3. The Kier molecular flexibility index (Phi) is 7.10. The zero-order valence-electron chi connectivity index (χ0n) is 14.5. The van der Waals surface area contributed by atoms with Gasteiger partial charge < -0.3 is 9.84 Å². The van der Waals surface area contributed by atoms with Crippen LogP contribution < -0.4 is 4.74 Å². The molecule has 2 aromatic carbocycles. The van der Waals surface area contributed by atoms with Gasteiger partial charge in [-0.1, -0.05) is 36.1 Å². The number of carbonyl (C=O) groups is 2. The number of halogens is 3. The number of carbonyl (C=O) groups excluding carboxylic acids is 1. The van der Waals surface area contributed by atoms with E-state index < -0.39 is 18.4 Å². The Labute approximate surface area is 192 Å². The number of carboxylic acids is 1. The van der Waals surface area contributed by atoms with Gasteiger partial charge in [0.2, 0.25) is 0 Å². The van der Waals surface area contributed by atoms with E-state index in [0.29, 0.717) is 25.2 Å². The number of carboxylic acid groups (broad SMARTS) is 1. The lowest BCUT2D eigenvalue weighted by molar-refractivity contribution is -0.140. The van der Waals surface area contributed by atoms with E-state index in [9.17, 15) is 14.0 Å². The van der Waals surface area contributed by atoms with E-state index in [-0.39, 0.29) is 16.7 Å². The van der Waals surface area contributed by atoms with Gasteiger partial charge in [0, 0.05) is 0 Å². The fraction of sp³-hybridized carbons (Fsp3) is 0.105. The molecule has 150 valence electrons. The lowest BCUT2D eigenvalue weighted by Gasteiger charge is -2.12. The summed E-state index contributed by atoms with van der Waals surface area (Å²) in [6, 6.07) is 9.57. The maximum Gasteiger partial charge on any atom is 0.323 e. The molecule has 1 amide bonds. The van der Waals surface area contributed by atoms with E-state index in [1.165, 1.54) is 12.1 Å². The second-order valence-corrected chi connectivity index (χ2v) is 9.27. The Morgan fingerprint density at radius 3 is 2.45 bits per heavy atom. The minimum absolute atomic E-state index is 0.209. The van der Waals surface area contributed by atoms with Gasteiger partial charge in [0.05, 0.1) is 13.9 Å². The van der Waals surface area contributed by atoms with Crippen LogP contribution in [0.15, 0.2) is 50.2 Å². The van der Waals surface area contributed by atoms with Crippen molar-refractivity contribution in [3.63, 3.8) is 0 Å². The predicted molar refractivity (Wildman–Crippen MR) is 120 cm³/mol. The van der Waals surface area contributed by atoms with E-state index in [0.717, 1.165) is 22.2 Å². The highest BCUT2D eigenvalue weighted by Gasteiger charge is 2.33. The molecule has 1 heterocycles. The van der Waals surface area contributed by atoms with Crippen molar-refractivity contribution in [2.75, 3.05) is 6.54 Å². The van der Waals surface area contributed by atoms with Crippen LogP contribution in [-0.2, 0) is 16.2 Å². The summed E-state index contributed by atoms with van der Waals surface area (Å²) in [5.41, 5.74) is 1.52. The number of aliphatic carboxylic acids is 1. The highest BCUT2D eigenvalue weighted by molar-refractivity contribution is 9.11. The summed E-state index contributed by atoms with van der Waals surface area (Å²) in [4.78, 5) is 24.7. The SMILES string of the molecule is O=C(O)CN1C(=O)/C(=C\c2cc(Br)c(OCc3ccc(F)cc3)c(Br)c2)SC1=S. The number of nitrogens with zero attached hydrogens (tertiary/aromatic N) is 1. The van der Waals surface area contributed by atoms with Crippen LogP contribution in [0.3, 0.4) is 0 Å². The van der Waals surface area contributed by atoms with Gasteiger partial charge in [-0.3, -0.25) is 14.5 Å². The zero-order valence-corrected chi connectivity index (χ0v) is 19.3. The molecular formula is C19H12Br2FNO4S2. The fourth-order valence-corrected chi connectivity index (χ4v) is 5.17. The first kappa shape index (κ1) is 21.9. The van der Waals surface area contributed by atoms with Crippen LogP contribution in [0.2, 0.25) is 0 Å². The summed E-state index contributed by atoms with van der Waals surface area (Å²) in [7, 11) is 0. The summed E-state index contributed by atoms with van der Waals surface area (Å²) >= 11 is 13.1. The second-order valence-electron chi connectivity index (χ2n) is 5.89. The van der Waals surface area contributed by atoms with Crippen LogP contribution in [0, 0.1) is 5.82 Å². The number of thioether (sulfide) groups is 1. The molecular weight excluding hydrogens is 549 g/mol. The Balaban J connectivity index is 1.77. The molecule has 10 heteroatoms. The van der Waals surface area contributed by atoms with Crippen LogP contribution in [0.1, 0.15) is 11.1 Å². The smallest absolute Gasteiger partial charge is 0.323 e. The zero-order chi connectivity index (χ0) is 21.1. The molecule has 0 bridgehead atoms. The summed E-state index contributed by atoms with van der Waals surface area (Å²) in [5, 5.41) is 8.91. The standard InChI is InChI=1S/C19H12Br2FNO4S2/c20-13-5-11(7-15-18(26)23(8-16(24)25)19(28)29-15)6-14(21)17(13)27-9-10-1-3-12(22)4-2-10/h1-7H,8-9H2,(H,24,25)/b15-7+. The number of thiocarbonyl (C=S) groups is 1. The van der Waals surface area contributed by atoms with Crippen LogP contribution in [-0.4, -0.2) is 32.7 Å². The third kappa shape index (κ3) is 5.44. The molecule has 0 saturated carbocycles. The summed E-state index contributed by atoms with van der Waals surface area (Å²) in [6.45, 7) is -0.212. The molecule has 3 rings (SSSR count). The number of rotatable bonds is 6. The molecule has 0 aliphatic carbocycles. The molecule has 1 N–H and O–H groups in total. The average molecular weight is 561 g/mol. The molecule has 0 spiro atoms. The fourth-order valence-electron chi connectivity index (χ4n) is 2.46. The van der Waals surface area contributed by atoms with Crippen LogP contribution >= 0.6 is 55.8 Å². The van der Waals surface area contributed by atoms with Gasteiger partial charge in [0.15, 0.2) is 0 Å². The van der Waals surface area contributed by atoms with Gasteiger partial charge in [0.1, 0.15) is 29.0 Å². The number of benzene rings is 2. The van der Waals surface area contributed by atoms with E-state index in [2.05, 4.69) is 31.9 Å². The Morgan fingerprint density at radius 2 is 1.86 bits per heavy atom. The van der Waals surface area contributed by atoms with E-state index in [1.807, 2.05) is 0 Å².